The van der Waals surface area contributed by atoms with Gasteiger partial charge in [-0.05, 0) is 30.5 Å². The molecule has 1 N–H and O–H groups in total. The first-order valence-electron chi connectivity index (χ1n) is 8.77. The predicted octanol–water partition coefficient (Wildman–Crippen LogP) is 2.43. The fourth-order valence-electron chi connectivity index (χ4n) is 3.88. The van der Waals surface area contributed by atoms with Crippen LogP contribution >= 0.6 is 0 Å². The van der Waals surface area contributed by atoms with E-state index in [1.165, 1.54) is 18.5 Å². The monoisotopic (exact) mass is 324 g/mol. The highest BCUT2D eigenvalue weighted by Crippen LogP contribution is 2.34. The van der Waals surface area contributed by atoms with Gasteiger partial charge in [0, 0.05) is 37.9 Å². The maximum absolute atomic E-state index is 6.08. The molecule has 2 fully saturated rings. The molecule has 2 saturated heterocycles. The molecule has 2 aliphatic heterocycles. The van der Waals surface area contributed by atoms with Crippen molar-refractivity contribution in [3.05, 3.63) is 54.4 Å². The van der Waals surface area contributed by atoms with Gasteiger partial charge in [0.15, 0.2) is 0 Å². The third-order valence-electron chi connectivity index (χ3n) is 5.17. The second-order valence-electron chi connectivity index (χ2n) is 6.76. The third-order valence-corrected chi connectivity index (χ3v) is 5.17. The molecule has 3 atom stereocenters. The lowest BCUT2D eigenvalue weighted by Crippen LogP contribution is -2.43. The van der Waals surface area contributed by atoms with Crippen LogP contribution in [0.25, 0.3) is 0 Å². The van der Waals surface area contributed by atoms with E-state index in [0.29, 0.717) is 17.8 Å². The number of likely N-dealkylation sites (tertiary alicyclic amines) is 1. The number of aromatic nitrogens is 2. The Bertz CT molecular complexity index is 636. The third kappa shape index (κ3) is 3.57. The molecular weight excluding hydrogens is 300 g/mol. The van der Waals surface area contributed by atoms with Crippen LogP contribution in [0, 0.1) is 11.8 Å². The summed E-state index contributed by atoms with van der Waals surface area (Å²) in [6.45, 7) is 4.99. The molecule has 0 saturated carbocycles. The number of nitrogens with one attached hydrogen (secondary N) is 1. The molecule has 126 valence electrons. The van der Waals surface area contributed by atoms with Gasteiger partial charge in [-0.15, -0.1) is 0 Å². The van der Waals surface area contributed by atoms with E-state index >= 15 is 0 Å². The summed E-state index contributed by atoms with van der Waals surface area (Å²) in [5, 5.41) is 3.32. The Morgan fingerprint density at radius 3 is 2.79 bits per heavy atom. The van der Waals surface area contributed by atoms with Gasteiger partial charge in [0.05, 0.1) is 12.7 Å². The summed E-state index contributed by atoms with van der Waals surface area (Å²) < 4.78 is 6.08. The van der Waals surface area contributed by atoms with E-state index in [1.807, 2.05) is 6.07 Å². The van der Waals surface area contributed by atoms with Gasteiger partial charge in [-0.25, -0.2) is 9.97 Å². The van der Waals surface area contributed by atoms with Crippen molar-refractivity contribution in [1.82, 2.24) is 14.9 Å². The zero-order valence-electron chi connectivity index (χ0n) is 13.8. The molecule has 5 heteroatoms. The molecule has 0 radical (unpaired) electrons. The van der Waals surface area contributed by atoms with Crippen molar-refractivity contribution in [2.45, 2.75) is 19.1 Å². The van der Waals surface area contributed by atoms with E-state index in [0.717, 1.165) is 26.2 Å². The minimum atomic E-state index is 0.248. The lowest BCUT2D eigenvalue weighted by molar-refractivity contribution is 0.0831. The molecule has 5 nitrogen and oxygen atoms in total. The first kappa shape index (κ1) is 15.5. The lowest BCUT2D eigenvalue weighted by atomic mass is 9.84. The zero-order chi connectivity index (χ0) is 16.2. The summed E-state index contributed by atoms with van der Waals surface area (Å²) in [4.78, 5) is 11.0. The number of rotatable bonds is 5. The van der Waals surface area contributed by atoms with Crippen molar-refractivity contribution < 1.29 is 4.74 Å². The summed E-state index contributed by atoms with van der Waals surface area (Å²) in [6, 6.07) is 12.6. The first-order chi connectivity index (χ1) is 11.9. The van der Waals surface area contributed by atoms with Crippen LogP contribution in [0.15, 0.2) is 48.8 Å². The number of hydrogen-bond acceptors (Lipinski definition) is 5. The van der Waals surface area contributed by atoms with E-state index in [-0.39, 0.29) is 6.10 Å². The average molecular weight is 324 g/mol. The van der Waals surface area contributed by atoms with Crippen LogP contribution in [-0.4, -0.2) is 47.2 Å². The molecule has 0 bridgehead atoms. The number of piperidine rings is 1. The summed E-state index contributed by atoms with van der Waals surface area (Å²) in [6.07, 6.45) is 5.00. The fraction of sp³-hybridized carbons (Fsp3) is 0.474. The summed E-state index contributed by atoms with van der Waals surface area (Å²) in [7, 11) is 0. The van der Waals surface area contributed by atoms with Crippen molar-refractivity contribution in [3.8, 4) is 0 Å². The number of fused-ring (bicyclic) bond motifs is 1. The number of anilines is 1. The van der Waals surface area contributed by atoms with Gasteiger partial charge in [0.2, 0.25) is 5.95 Å². The normalized spacial score (nSPS) is 26.9. The van der Waals surface area contributed by atoms with Crippen molar-refractivity contribution in [2.24, 2.45) is 11.8 Å². The molecule has 3 heterocycles. The van der Waals surface area contributed by atoms with Crippen LogP contribution in [0.3, 0.4) is 0 Å². The van der Waals surface area contributed by atoms with Crippen LogP contribution < -0.4 is 5.32 Å². The average Bonchev–Trinajstić information content (AvgIpc) is 3.04. The van der Waals surface area contributed by atoms with Gasteiger partial charge in [-0.3, -0.25) is 4.90 Å². The maximum Gasteiger partial charge on any atom is 0.222 e. The van der Waals surface area contributed by atoms with E-state index in [1.54, 1.807) is 12.4 Å². The second kappa shape index (κ2) is 7.28. The van der Waals surface area contributed by atoms with E-state index in [9.17, 15) is 0 Å². The van der Waals surface area contributed by atoms with Gasteiger partial charge in [-0.2, -0.15) is 0 Å². The highest BCUT2D eigenvalue weighted by Gasteiger charge is 2.40. The van der Waals surface area contributed by atoms with Crippen molar-refractivity contribution >= 4 is 5.95 Å². The van der Waals surface area contributed by atoms with Crippen molar-refractivity contribution in [3.63, 3.8) is 0 Å². The number of hydrogen-bond donors (Lipinski definition) is 1. The minimum Gasteiger partial charge on any atom is -0.376 e. The van der Waals surface area contributed by atoms with Gasteiger partial charge < -0.3 is 10.1 Å². The van der Waals surface area contributed by atoms with Crippen molar-refractivity contribution in [1.29, 1.82) is 0 Å². The first-order valence-corrected chi connectivity index (χ1v) is 8.77. The van der Waals surface area contributed by atoms with Gasteiger partial charge in [0.1, 0.15) is 0 Å². The summed E-state index contributed by atoms with van der Waals surface area (Å²) in [5.74, 6) is 1.97. The smallest absolute Gasteiger partial charge is 0.222 e. The van der Waals surface area contributed by atoms with Crippen LogP contribution in [0.4, 0.5) is 5.95 Å². The zero-order valence-corrected chi connectivity index (χ0v) is 13.8. The minimum absolute atomic E-state index is 0.248. The molecule has 1 aromatic carbocycles. The van der Waals surface area contributed by atoms with Crippen LogP contribution in [0.1, 0.15) is 12.0 Å². The number of benzene rings is 1. The SMILES string of the molecule is c1ccc(CN2CC[C@H]3CO[C@H](CNc4ncccn4)[C@H]3C2)cc1. The highest BCUT2D eigenvalue weighted by atomic mass is 16.5. The lowest BCUT2D eigenvalue weighted by Gasteiger charge is -2.36. The molecule has 4 rings (SSSR count). The van der Waals surface area contributed by atoms with Crippen LogP contribution in [0.2, 0.25) is 0 Å². The topological polar surface area (TPSA) is 50.3 Å². The maximum atomic E-state index is 6.08. The summed E-state index contributed by atoms with van der Waals surface area (Å²) >= 11 is 0. The Labute approximate surface area is 143 Å². The Morgan fingerprint density at radius 2 is 1.96 bits per heavy atom. The van der Waals surface area contributed by atoms with Gasteiger partial charge in [-0.1, -0.05) is 30.3 Å². The van der Waals surface area contributed by atoms with E-state index in [2.05, 4.69) is 50.5 Å². The highest BCUT2D eigenvalue weighted by molar-refractivity contribution is 5.22. The molecule has 1 aromatic heterocycles. The molecule has 0 amide bonds. The van der Waals surface area contributed by atoms with Crippen LogP contribution in [0.5, 0.6) is 0 Å². The van der Waals surface area contributed by atoms with Gasteiger partial charge >= 0.3 is 0 Å². The van der Waals surface area contributed by atoms with Crippen LogP contribution in [-0.2, 0) is 11.3 Å². The Hall–Kier alpha value is -1.98. The molecule has 0 aliphatic carbocycles. The predicted molar refractivity (Wildman–Crippen MR) is 93.6 cm³/mol. The molecule has 24 heavy (non-hydrogen) atoms. The molecular formula is C19H24N4O. The standard InChI is InChI=1S/C19H24N4O/c1-2-5-15(6-3-1)12-23-10-7-16-14-24-18(17(16)13-23)11-22-19-20-8-4-9-21-19/h1-6,8-9,16-18H,7,10-14H2,(H,20,21,22)/t16-,17-,18+/m0/s1. The number of ether oxygens (including phenoxy) is 1. The quantitative estimate of drug-likeness (QED) is 0.915. The molecule has 0 spiro atoms. The Kier molecular flexibility index (Phi) is 4.71. The van der Waals surface area contributed by atoms with E-state index in [4.69, 9.17) is 4.74 Å². The molecule has 2 aliphatic rings. The second-order valence-corrected chi connectivity index (χ2v) is 6.76. The molecule has 2 aromatic rings. The molecule has 0 unspecified atom stereocenters. The summed E-state index contributed by atoms with van der Waals surface area (Å²) in [5.41, 5.74) is 1.39. The fourth-order valence-corrected chi connectivity index (χ4v) is 3.88. The van der Waals surface area contributed by atoms with Crippen molar-refractivity contribution in [2.75, 3.05) is 31.6 Å². The number of nitrogens with zero attached hydrogens (tertiary/aromatic N) is 3. The Balaban J connectivity index is 1.35. The Morgan fingerprint density at radius 1 is 1.12 bits per heavy atom. The van der Waals surface area contributed by atoms with Gasteiger partial charge in [0.25, 0.3) is 0 Å². The largest absolute Gasteiger partial charge is 0.376 e. The van der Waals surface area contributed by atoms with E-state index < -0.39 is 0 Å².